The normalized spacial score (nSPS) is 25.3. The Labute approximate surface area is 181 Å². The second kappa shape index (κ2) is 11.7. The molecule has 2 N–H and O–H groups in total. The molecule has 2 fully saturated rings. The summed E-state index contributed by atoms with van der Waals surface area (Å²) in [7, 11) is 4.03. The number of hydrogen-bond donors (Lipinski definition) is 2. The zero-order chi connectivity index (χ0) is 21.3. The van der Waals surface area contributed by atoms with Gasteiger partial charge in [0.05, 0.1) is 0 Å². The lowest BCUT2D eigenvalue weighted by atomic mass is 9.83. The predicted octanol–water partition coefficient (Wildman–Crippen LogP) is 3.50. The number of benzene rings is 1. The SMILES string of the molecule is CN(C)CCNC(=O)N[C@@H]1CCCC[C@H]1CN1CCC[C@@H](Cc2ccc(F)cc2)C1. The van der Waals surface area contributed by atoms with Crippen LogP contribution in [0.4, 0.5) is 9.18 Å². The summed E-state index contributed by atoms with van der Waals surface area (Å²) in [4.78, 5) is 17.0. The molecule has 30 heavy (non-hydrogen) atoms. The number of carbonyl (C=O) groups excluding carboxylic acids is 1. The van der Waals surface area contributed by atoms with Crippen LogP contribution in [0.3, 0.4) is 0 Å². The topological polar surface area (TPSA) is 47.6 Å². The maximum absolute atomic E-state index is 13.2. The third-order valence-corrected chi connectivity index (χ3v) is 6.60. The molecule has 0 radical (unpaired) electrons. The number of amides is 2. The molecule has 168 valence electrons. The molecule has 1 saturated heterocycles. The maximum Gasteiger partial charge on any atom is 0.315 e. The lowest BCUT2D eigenvalue weighted by molar-refractivity contribution is 0.122. The third-order valence-electron chi connectivity index (χ3n) is 6.60. The average molecular weight is 419 g/mol. The quantitative estimate of drug-likeness (QED) is 0.679. The average Bonchev–Trinajstić information content (AvgIpc) is 2.71. The van der Waals surface area contributed by atoms with Crippen LogP contribution in [0.25, 0.3) is 0 Å². The molecular weight excluding hydrogens is 379 g/mol. The summed E-state index contributed by atoms with van der Waals surface area (Å²) < 4.78 is 13.2. The van der Waals surface area contributed by atoms with E-state index in [2.05, 4.69) is 20.4 Å². The Morgan fingerprint density at radius 3 is 2.67 bits per heavy atom. The van der Waals surface area contributed by atoms with Crippen LogP contribution in [0.2, 0.25) is 0 Å². The van der Waals surface area contributed by atoms with Gasteiger partial charge < -0.3 is 20.4 Å². The Kier molecular flexibility index (Phi) is 8.94. The van der Waals surface area contributed by atoms with Gasteiger partial charge in [-0.3, -0.25) is 0 Å². The highest BCUT2D eigenvalue weighted by Crippen LogP contribution is 2.28. The number of hydrogen-bond acceptors (Lipinski definition) is 3. The van der Waals surface area contributed by atoms with Crippen LogP contribution in [0.1, 0.15) is 44.1 Å². The van der Waals surface area contributed by atoms with E-state index in [1.807, 2.05) is 26.2 Å². The molecule has 3 atom stereocenters. The summed E-state index contributed by atoms with van der Waals surface area (Å²) in [6, 6.07) is 7.22. The molecule has 0 spiro atoms. The molecule has 1 heterocycles. The summed E-state index contributed by atoms with van der Waals surface area (Å²) in [5, 5.41) is 6.25. The van der Waals surface area contributed by atoms with Gasteiger partial charge >= 0.3 is 6.03 Å². The van der Waals surface area contributed by atoms with E-state index >= 15 is 0 Å². The van der Waals surface area contributed by atoms with E-state index in [0.717, 1.165) is 39.0 Å². The Balaban J connectivity index is 1.47. The van der Waals surface area contributed by atoms with Gasteiger partial charge in [-0.2, -0.15) is 0 Å². The van der Waals surface area contributed by atoms with Crippen molar-refractivity contribution in [2.24, 2.45) is 11.8 Å². The molecule has 1 aliphatic heterocycles. The number of piperidine rings is 1. The molecule has 3 rings (SSSR count). The number of likely N-dealkylation sites (N-methyl/N-ethyl adjacent to an activating group) is 1. The molecule has 1 aliphatic carbocycles. The maximum atomic E-state index is 13.2. The van der Waals surface area contributed by atoms with Gasteiger partial charge in [-0.15, -0.1) is 0 Å². The van der Waals surface area contributed by atoms with Crippen LogP contribution in [0.5, 0.6) is 0 Å². The van der Waals surface area contributed by atoms with Crippen LogP contribution in [0, 0.1) is 17.7 Å². The second-order valence-electron chi connectivity index (χ2n) is 9.45. The van der Waals surface area contributed by atoms with Crippen molar-refractivity contribution in [3.8, 4) is 0 Å². The molecule has 0 aromatic heterocycles. The van der Waals surface area contributed by atoms with Gasteiger partial charge in [-0.1, -0.05) is 25.0 Å². The molecule has 5 nitrogen and oxygen atoms in total. The zero-order valence-electron chi connectivity index (χ0n) is 18.7. The van der Waals surface area contributed by atoms with Crippen molar-refractivity contribution in [1.29, 1.82) is 0 Å². The van der Waals surface area contributed by atoms with E-state index in [9.17, 15) is 9.18 Å². The van der Waals surface area contributed by atoms with Crippen molar-refractivity contribution in [3.05, 3.63) is 35.6 Å². The highest BCUT2D eigenvalue weighted by Gasteiger charge is 2.30. The number of urea groups is 1. The Morgan fingerprint density at radius 1 is 1.13 bits per heavy atom. The van der Waals surface area contributed by atoms with Gasteiger partial charge in [0.1, 0.15) is 5.82 Å². The summed E-state index contributed by atoms with van der Waals surface area (Å²) in [6.07, 6.45) is 8.23. The molecule has 1 saturated carbocycles. The fourth-order valence-electron chi connectivity index (χ4n) is 5.00. The minimum atomic E-state index is -0.161. The first-order chi connectivity index (χ1) is 14.5. The summed E-state index contributed by atoms with van der Waals surface area (Å²) in [5.74, 6) is 1.00. The summed E-state index contributed by atoms with van der Waals surface area (Å²) in [5.41, 5.74) is 1.23. The number of nitrogens with zero attached hydrogens (tertiary/aromatic N) is 2. The van der Waals surface area contributed by atoms with E-state index < -0.39 is 0 Å². The number of rotatable bonds is 8. The number of nitrogens with one attached hydrogen (secondary N) is 2. The second-order valence-corrected chi connectivity index (χ2v) is 9.45. The van der Waals surface area contributed by atoms with Crippen LogP contribution < -0.4 is 10.6 Å². The lowest BCUT2D eigenvalue weighted by Crippen LogP contribution is -2.51. The van der Waals surface area contributed by atoms with Crippen LogP contribution in [-0.2, 0) is 6.42 Å². The van der Waals surface area contributed by atoms with Gasteiger partial charge in [0, 0.05) is 32.2 Å². The first-order valence-corrected chi connectivity index (χ1v) is 11.7. The molecular formula is C24H39FN4O. The fourth-order valence-corrected chi connectivity index (χ4v) is 5.00. The van der Waals surface area contributed by atoms with Crippen LogP contribution >= 0.6 is 0 Å². The Bertz CT molecular complexity index is 651. The standard InChI is InChI=1S/C24H39FN4O/c1-28(2)15-13-26-24(30)27-23-8-4-3-7-21(23)18-29-14-5-6-20(17-29)16-19-9-11-22(25)12-10-19/h9-12,20-21,23H,3-8,13-18H2,1-2H3,(H2,26,27,30)/t20-,21-,23+/m0/s1. The largest absolute Gasteiger partial charge is 0.337 e. The summed E-state index contributed by atoms with van der Waals surface area (Å²) in [6.45, 7) is 4.86. The zero-order valence-corrected chi connectivity index (χ0v) is 18.7. The first kappa shape index (κ1) is 23.0. The van der Waals surface area contributed by atoms with Gasteiger partial charge in [-0.05, 0) is 82.3 Å². The molecule has 0 bridgehead atoms. The van der Waals surface area contributed by atoms with Gasteiger partial charge in [0.25, 0.3) is 0 Å². The number of halogens is 1. The van der Waals surface area contributed by atoms with Crippen molar-refractivity contribution < 1.29 is 9.18 Å². The Morgan fingerprint density at radius 2 is 1.90 bits per heavy atom. The highest BCUT2D eigenvalue weighted by atomic mass is 19.1. The third kappa shape index (κ3) is 7.55. The van der Waals surface area contributed by atoms with E-state index in [-0.39, 0.29) is 17.9 Å². The van der Waals surface area contributed by atoms with Gasteiger partial charge in [0.15, 0.2) is 0 Å². The molecule has 1 aromatic carbocycles. The molecule has 0 unspecified atom stereocenters. The van der Waals surface area contributed by atoms with Crippen LogP contribution in [-0.4, -0.2) is 68.7 Å². The van der Waals surface area contributed by atoms with Gasteiger partial charge in [0.2, 0.25) is 0 Å². The van der Waals surface area contributed by atoms with E-state index in [4.69, 9.17) is 0 Å². The number of carbonyl (C=O) groups is 1. The fraction of sp³-hybridized carbons (Fsp3) is 0.708. The minimum Gasteiger partial charge on any atom is -0.337 e. The predicted molar refractivity (Wildman–Crippen MR) is 120 cm³/mol. The van der Waals surface area contributed by atoms with Crippen molar-refractivity contribution in [3.63, 3.8) is 0 Å². The van der Waals surface area contributed by atoms with E-state index in [1.54, 1.807) is 12.1 Å². The lowest BCUT2D eigenvalue weighted by Gasteiger charge is -2.39. The molecule has 2 amide bonds. The van der Waals surface area contributed by atoms with Crippen molar-refractivity contribution in [2.75, 3.05) is 46.8 Å². The molecule has 1 aromatic rings. The molecule has 6 heteroatoms. The van der Waals surface area contributed by atoms with E-state index in [0.29, 0.717) is 18.4 Å². The minimum absolute atomic E-state index is 0.0263. The monoisotopic (exact) mass is 418 g/mol. The van der Waals surface area contributed by atoms with Crippen molar-refractivity contribution >= 4 is 6.03 Å². The molecule has 2 aliphatic rings. The highest BCUT2D eigenvalue weighted by molar-refractivity contribution is 5.74. The van der Waals surface area contributed by atoms with Crippen molar-refractivity contribution in [2.45, 2.75) is 51.0 Å². The first-order valence-electron chi connectivity index (χ1n) is 11.7. The van der Waals surface area contributed by atoms with Crippen LogP contribution in [0.15, 0.2) is 24.3 Å². The smallest absolute Gasteiger partial charge is 0.315 e. The summed E-state index contributed by atoms with van der Waals surface area (Å²) >= 11 is 0. The van der Waals surface area contributed by atoms with E-state index in [1.165, 1.54) is 37.7 Å². The van der Waals surface area contributed by atoms with Gasteiger partial charge in [-0.25, -0.2) is 9.18 Å². The van der Waals surface area contributed by atoms with Crippen molar-refractivity contribution in [1.82, 2.24) is 20.4 Å². The Hall–Kier alpha value is -1.66. The number of likely N-dealkylation sites (tertiary alicyclic amines) is 1.